The molecule has 0 fully saturated rings. The minimum absolute atomic E-state index is 0.222. The van der Waals surface area contributed by atoms with Crippen molar-refractivity contribution in [2.24, 2.45) is 0 Å². The van der Waals surface area contributed by atoms with Gasteiger partial charge in [-0.3, -0.25) is 4.79 Å². The van der Waals surface area contributed by atoms with Crippen molar-refractivity contribution in [3.05, 3.63) is 63.0 Å². The van der Waals surface area contributed by atoms with E-state index in [1.807, 2.05) is 6.07 Å². The molecule has 0 heterocycles. The molecule has 0 amide bonds. The third-order valence-electron chi connectivity index (χ3n) is 2.93. The number of ether oxygens (including phenoxy) is 2. The second-order valence-corrected chi connectivity index (χ2v) is 6.12. The maximum atomic E-state index is 13.2. The number of methoxy groups -OCH3 is 1. The van der Waals surface area contributed by atoms with Crippen LogP contribution in [-0.4, -0.2) is 12.4 Å². The van der Waals surface area contributed by atoms with Crippen LogP contribution in [0.15, 0.2) is 42.5 Å². The van der Waals surface area contributed by atoms with Gasteiger partial charge in [0, 0.05) is 0 Å². The molecule has 6 heteroatoms. The Morgan fingerprint density at radius 2 is 2.13 bits per heavy atom. The molecule has 0 unspecified atom stereocenters. The number of hydrogen-bond donors (Lipinski definition) is 0. The molecule has 3 nitrogen and oxygen atoms in total. The zero-order valence-electron chi connectivity index (χ0n) is 12.2. The Hall–Kier alpha value is -1.60. The molecule has 0 N–H and O–H groups in total. The molecule has 0 bridgehead atoms. The van der Waals surface area contributed by atoms with Gasteiger partial charge in [-0.05, 0) is 81.7 Å². The number of allylic oxidation sites excluding steroid dienone is 1. The number of carbonyl (C=O) groups is 1. The molecule has 0 aliphatic heterocycles. The van der Waals surface area contributed by atoms with Crippen molar-refractivity contribution in [1.82, 2.24) is 0 Å². The molecule has 0 spiro atoms. The van der Waals surface area contributed by atoms with Crippen LogP contribution in [0.1, 0.15) is 11.1 Å². The minimum atomic E-state index is -0.551. The largest absolute Gasteiger partial charge is 0.493 e. The van der Waals surface area contributed by atoms with E-state index < -0.39 is 5.24 Å². The molecule has 0 aliphatic rings. The molecule has 0 saturated carbocycles. The highest BCUT2D eigenvalue weighted by atomic mass is 127. The van der Waals surface area contributed by atoms with Gasteiger partial charge in [-0.25, -0.2) is 4.39 Å². The second-order valence-electron chi connectivity index (χ2n) is 4.59. The summed E-state index contributed by atoms with van der Waals surface area (Å²) >= 11 is 7.40. The number of hydrogen-bond acceptors (Lipinski definition) is 3. The highest BCUT2D eigenvalue weighted by Gasteiger charge is 2.11. The zero-order chi connectivity index (χ0) is 16.8. The van der Waals surface area contributed by atoms with Crippen molar-refractivity contribution in [1.29, 1.82) is 0 Å². The molecule has 120 valence electrons. The van der Waals surface area contributed by atoms with Gasteiger partial charge in [0.05, 0.1) is 10.7 Å². The van der Waals surface area contributed by atoms with E-state index in [2.05, 4.69) is 22.6 Å². The Kier molecular flexibility index (Phi) is 6.41. The van der Waals surface area contributed by atoms with E-state index in [1.165, 1.54) is 25.3 Å². The third kappa shape index (κ3) is 5.21. The number of benzene rings is 2. The summed E-state index contributed by atoms with van der Waals surface area (Å²) in [6.07, 6.45) is 2.86. The lowest BCUT2D eigenvalue weighted by molar-refractivity contribution is -0.107. The van der Waals surface area contributed by atoms with Crippen molar-refractivity contribution < 1.29 is 18.7 Å². The molecule has 2 rings (SSSR count). The van der Waals surface area contributed by atoms with Crippen molar-refractivity contribution in [3.63, 3.8) is 0 Å². The molecular formula is C17H13ClFIO3. The summed E-state index contributed by atoms with van der Waals surface area (Å²) in [6.45, 7) is 0.222. The average molecular weight is 447 g/mol. The van der Waals surface area contributed by atoms with E-state index in [4.69, 9.17) is 21.1 Å². The van der Waals surface area contributed by atoms with Crippen LogP contribution in [0.25, 0.3) is 6.08 Å². The molecule has 2 aromatic carbocycles. The quantitative estimate of drug-likeness (QED) is 0.363. The number of rotatable bonds is 6. The maximum Gasteiger partial charge on any atom is 0.245 e. The molecule has 0 aliphatic carbocycles. The summed E-state index contributed by atoms with van der Waals surface area (Å²) in [4.78, 5) is 10.8. The summed E-state index contributed by atoms with van der Waals surface area (Å²) in [5, 5.41) is -0.551. The van der Waals surface area contributed by atoms with Gasteiger partial charge >= 0.3 is 0 Å². The molecule has 0 atom stereocenters. The van der Waals surface area contributed by atoms with Crippen molar-refractivity contribution in [2.75, 3.05) is 7.11 Å². The van der Waals surface area contributed by atoms with Gasteiger partial charge < -0.3 is 9.47 Å². The predicted octanol–water partition coefficient (Wildman–Crippen LogP) is 4.80. The van der Waals surface area contributed by atoms with Gasteiger partial charge in [0.1, 0.15) is 12.4 Å². The molecule has 0 radical (unpaired) electrons. The summed E-state index contributed by atoms with van der Waals surface area (Å²) in [5.74, 6) is 0.778. The topological polar surface area (TPSA) is 35.5 Å². The highest BCUT2D eigenvalue weighted by Crippen LogP contribution is 2.35. The Labute approximate surface area is 152 Å². The SMILES string of the molecule is COc1cc(/C=C/C(=O)Cl)cc(I)c1OCc1cccc(F)c1. The minimum Gasteiger partial charge on any atom is -0.493 e. The van der Waals surface area contributed by atoms with E-state index in [9.17, 15) is 9.18 Å². The van der Waals surface area contributed by atoms with Gasteiger partial charge in [-0.1, -0.05) is 12.1 Å². The van der Waals surface area contributed by atoms with E-state index in [0.29, 0.717) is 11.5 Å². The van der Waals surface area contributed by atoms with Crippen molar-refractivity contribution in [3.8, 4) is 11.5 Å². The van der Waals surface area contributed by atoms with Crippen LogP contribution in [0.4, 0.5) is 4.39 Å². The van der Waals surface area contributed by atoms with Crippen LogP contribution in [0, 0.1) is 9.39 Å². The standard InChI is InChI=1S/C17H13ClFIO3/c1-22-15-9-11(5-6-16(18)21)8-14(20)17(15)23-10-12-3-2-4-13(19)7-12/h2-9H,10H2,1H3/b6-5+. The fourth-order valence-corrected chi connectivity index (χ4v) is 2.76. The van der Waals surface area contributed by atoms with Crippen LogP contribution in [0.5, 0.6) is 11.5 Å². The first-order valence-corrected chi connectivity index (χ1v) is 8.07. The Balaban J connectivity index is 2.22. The Morgan fingerprint density at radius 3 is 2.78 bits per heavy atom. The first kappa shape index (κ1) is 17.7. The lowest BCUT2D eigenvalue weighted by Crippen LogP contribution is -2.00. The van der Waals surface area contributed by atoms with E-state index in [-0.39, 0.29) is 12.4 Å². The summed E-state index contributed by atoms with van der Waals surface area (Å²) < 4.78 is 25.1. The van der Waals surface area contributed by atoms with Crippen molar-refractivity contribution in [2.45, 2.75) is 6.61 Å². The molecule has 0 saturated heterocycles. The van der Waals surface area contributed by atoms with Gasteiger partial charge in [0.2, 0.25) is 5.24 Å². The molecular weight excluding hydrogens is 434 g/mol. The van der Waals surface area contributed by atoms with Crippen LogP contribution in [0.3, 0.4) is 0 Å². The third-order valence-corrected chi connectivity index (χ3v) is 3.86. The summed E-state index contributed by atoms with van der Waals surface area (Å²) in [7, 11) is 1.53. The molecule has 23 heavy (non-hydrogen) atoms. The van der Waals surface area contributed by atoms with Gasteiger partial charge in [0.15, 0.2) is 11.5 Å². The summed E-state index contributed by atoms with van der Waals surface area (Å²) in [6, 6.07) is 9.79. The lowest BCUT2D eigenvalue weighted by atomic mass is 10.2. The fraction of sp³-hybridized carbons (Fsp3) is 0.118. The summed E-state index contributed by atoms with van der Waals surface area (Å²) in [5.41, 5.74) is 1.48. The van der Waals surface area contributed by atoms with Gasteiger partial charge in [-0.15, -0.1) is 0 Å². The zero-order valence-corrected chi connectivity index (χ0v) is 15.1. The van der Waals surface area contributed by atoms with Crippen LogP contribution < -0.4 is 9.47 Å². The monoisotopic (exact) mass is 446 g/mol. The number of carbonyl (C=O) groups excluding carboxylic acids is 1. The Bertz CT molecular complexity index is 747. The van der Waals surface area contributed by atoms with E-state index in [0.717, 1.165) is 14.7 Å². The second kappa shape index (κ2) is 8.31. The first-order valence-electron chi connectivity index (χ1n) is 6.62. The highest BCUT2D eigenvalue weighted by molar-refractivity contribution is 14.1. The van der Waals surface area contributed by atoms with E-state index in [1.54, 1.807) is 24.3 Å². The Morgan fingerprint density at radius 1 is 1.35 bits per heavy atom. The molecule has 2 aromatic rings. The lowest BCUT2D eigenvalue weighted by Gasteiger charge is -2.13. The van der Waals surface area contributed by atoms with Crippen molar-refractivity contribution >= 4 is 45.5 Å². The van der Waals surface area contributed by atoms with Gasteiger partial charge in [0.25, 0.3) is 0 Å². The first-order chi connectivity index (χ1) is 11.0. The van der Waals surface area contributed by atoms with E-state index >= 15 is 0 Å². The van der Waals surface area contributed by atoms with Crippen LogP contribution >= 0.6 is 34.2 Å². The average Bonchev–Trinajstić information content (AvgIpc) is 2.51. The smallest absolute Gasteiger partial charge is 0.245 e. The predicted molar refractivity (Wildman–Crippen MR) is 96.3 cm³/mol. The van der Waals surface area contributed by atoms with Crippen LogP contribution in [-0.2, 0) is 11.4 Å². The molecule has 0 aromatic heterocycles. The normalized spacial score (nSPS) is 10.8. The maximum absolute atomic E-state index is 13.2. The van der Waals surface area contributed by atoms with Crippen LogP contribution in [0.2, 0.25) is 0 Å². The number of halogens is 3. The fourth-order valence-electron chi connectivity index (χ4n) is 1.92. The van der Waals surface area contributed by atoms with Gasteiger partial charge in [-0.2, -0.15) is 0 Å².